The van der Waals surface area contributed by atoms with E-state index in [1.54, 1.807) is 0 Å². The van der Waals surface area contributed by atoms with Crippen LogP contribution in [0.3, 0.4) is 0 Å². The van der Waals surface area contributed by atoms with Crippen molar-refractivity contribution in [2.45, 2.75) is 50.4 Å². The molecule has 4 rings (SSSR count). The maximum atomic E-state index is 11.9. The Morgan fingerprint density at radius 1 is 0.889 bits per heavy atom. The second-order valence-corrected chi connectivity index (χ2v) is 7.37. The minimum absolute atomic E-state index is 0.0189. The summed E-state index contributed by atoms with van der Waals surface area (Å²) in [6.45, 7) is 0.841. The summed E-state index contributed by atoms with van der Waals surface area (Å²) in [5, 5.41) is 13.7. The topological polar surface area (TPSA) is 67.8 Å². The van der Waals surface area contributed by atoms with Gasteiger partial charge in [-0.2, -0.15) is 0 Å². The number of aliphatic hydroxyl groups is 1. The predicted molar refractivity (Wildman–Crippen MR) is 101 cm³/mol. The van der Waals surface area contributed by atoms with Crippen molar-refractivity contribution in [3.63, 3.8) is 0 Å². The van der Waals surface area contributed by atoms with Crippen molar-refractivity contribution in [2.75, 3.05) is 0 Å². The van der Waals surface area contributed by atoms with Gasteiger partial charge in [0.05, 0.1) is 25.4 Å². The lowest BCUT2D eigenvalue weighted by Crippen LogP contribution is -2.55. The highest BCUT2D eigenvalue weighted by molar-refractivity contribution is 5.79. The first-order chi connectivity index (χ1) is 13.2. The fourth-order valence-electron chi connectivity index (χ4n) is 4.12. The van der Waals surface area contributed by atoms with Crippen LogP contribution in [0.15, 0.2) is 60.7 Å². The molecule has 1 aliphatic heterocycles. The molecular formula is C22H25NO4. The minimum Gasteiger partial charge on any atom is -0.390 e. The summed E-state index contributed by atoms with van der Waals surface area (Å²) >= 11 is 0. The Morgan fingerprint density at radius 3 is 2.04 bits per heavy atom. The van der Waals surface area contributed by atoms with Gasteiger partial charge >= 0.3 is 0 Å². The molecule has 5 atom stereocenters. The highest BCUT2D eigenvalue weighted by Gasteiger charge is 2.49. The third-order valence-electron chi connectivity index (χ3n) is 5.48. The maximum Gasteiger partial charge on any atom is 0.220 e. The summed E-state index contributed by atoms with van der Waals surface area (Å²) in [6.07, 6.45) is -0.540. The van der Waals surface area contributed by atoms with Crippen molar-refractivity contribution in [2.24, 2.45) is 5.92 Å². The number of amides is 1. The lowest BCUT2D eigenvalue weighted by atomic mass is 9.79. The molecule has 1 saturated carbocycles. The molecule has 1 saturated heterocycles. The van der Waals surface area contributed by atoms with Crippen LogP contribution < -0.4 is 5.32 Å². The van der Waals surface area contributed by atoms with Gasteiger partial charge in [-0.05, 0) is 17.5 Å². The number of ether oxygens (including phenoxy) is 2. The lowest BCUT2D eigenvalue weighted by molar-refractivity contribution is -0.173. The Balaban J connectivity index is 1.49. The number of rotatable bonds is 6. The zero-order chi connectivity index (χ0) is 18.6. The smallest absolute Gasteiger partial charge is 0.220 e. The summed E-state index contributed by atoms with van der Waals surface area (Å²) in [6, 6.07) is 19.8. The molecule has 2 aromatic rings. The largest absolute Gasteiger partial charge is 0.390 e. The Labute approximate surface area is 159 Å². The van der Waals surface area contributed by atoms with Crippen LogP contribution in [0.2, 0.25) is 0 Å². The van der Waals surface area contributed by atoms with Crippen LogP contribution in [0, 0.1) is 5.92 Å². The number of hydrogen-bond donors (Lipinski definition) is 2. The fourth-order valence-corrected chi connectivity index (χ4v) is 4.12. The molecule has 0 radical (unpaired) electrons. The van der Waals surface area contributed by atoms with Gasteiger partial charge in [0.25, 0.3) is 0 Å². The van der Waals surface area contributed by atoms with Crippen molar-refractivity contribution >= 4 is 5.91 Å². The number of aliphatic hydroxyl groups excluding tert-OH is 1. The Bertz CT molecular complexity index is 751. The van der Waals surface area contributed by atoms with E-state index in [1.165, 1.54) is 0 Å². The zero-order valence-electron chi connectivity index (χ0n) is 15.2. The summed E-state index contributed by atoms with van der Waals surface area (Å²) < 4.78 is 12.3. The minimum atomic E-state index is -0.672. The van der Waals surface area contributed by atoms with Gasteiger partial charge in [-0.1, -0.05) is 60.7 Å². The third-order valence-corrected chi connectivity index (χ3v) is 5.48. The molecular weight excluding hydrogens is 342 g/mol. The van der Waals surface area contributed by atoms with Crippen LogP contribution in [-0.4, -0.2) is 35.4 Å². The Kier molecular flexibility index (Phi) is 5.53. The predicted octanol–water partition coefficient (Wildman–Crippen LogP) is 2.43. The molecule has 0 aromatic heterocycles. The highest BCUT2D eigenvalue weighted by Crippen LogP contribution is 2.36. The molecule has 0 bridgehead atoms. The van der Waals surface area contributed by atoms with E-state index < -0.39 is 12.2 Å². The molecule has 142 valence electrons. The Hall–Kier alpha value is -2.21. The second kappa shape index (κ2) is 8.21. The molecule has 1 aliphatic carbocycles. The van der Waals surface area contributed by atoms with Gasteiger partial charge in [0.2, 0.25) is 5.91 Å². The maximum absolute atomic E-state index is 11.9. The van der Waals surface area contributed by atoms with Gasteiger partial charge in [0.1, 0.15) is 6.10 Å². The summed E-state index contributed by atoms with van der Waals surface area (Å²) in [7, 11) is 0. The summed E-state index contributed by atoms with van der Waals surface area (Å²) in [4.78, 5) is 11.9. The van der Waals surface area contributed by atoms with Crippen molar-refractivity contribution in [1.29, 1.82) is 0 Å². The number of benzene rings is 2. The Morgan fingerprint density at radius 2 is 1.44 bits per heavy atom. The number of carbonyl (C=O) groups excluding carboxylic acids is 1. The van der Waals surface area contributed by atoms with Crippen molar-refractivity contribution < 1.29 is 19.4 Å². The first kappa shape index (κ1) is 18.2. The van der Waals surface area contributed by atoms with Gasteiger partial charge in [-0.25, -0.2) is 0 Å². The number of carbonyl (C=O) groups is 1. The van der Waals surface area contributed by atoms with Gasteiger partial charge in [-0.3, -0.25) is 4.79 Å². The van der Waals surface area contributed by atoms with Crippen LogP contribution in [0.25, 0.3) is 0 Å². The monoisotopic (exact) mass is 367 g/mol. The molecule has 27 heavy (non-hydrogen) atoms. The van der Waals surface area contributed by atoms with Crippen LogP contribution >= 0.6 is 0 Å². The van der Waals surface area contributed by atoms with E-state index in [4.69, 9.17) is 9.47 Å². The molecule has 1 amide bonds. The second-order valence-electron chi connectivity index (χ2n) is 7.37. The number of hydrogen-bond acceptors (Lipinski definition) is 4. The normalized spacial score (nSPS) is 30.0. The quantitative estimate of drug-likeness (QED) is 0.823. The standard InChI is InChI=1S/C22H25NO4/c24-19-12-18-17(11-20(25)23-18)21(26-13-15-7-3-1-4-8-15)22(19)27-14-16-9-5-2-6-10-16/h1-10,17-19,21-22,24H,11-14H2,(H,23,25)/t17-,18-,19+,21-,22+/m0/s1. The van der Waals surface area contributed by atoms with Crippen LogP contribution in [-0.2, 0) is 27.5 Å². The fraction of sp³-hybridized carbons (Fsp3) is 0.409. The van der Waals surface area contributed by atoms with Crippen LogP contribution in [0.4, 0.5) is 0 Å². The molecule has 2 aromatic carbocycles. The average molecular weight is 367 g/mol. The van der Waals surface area contributed by atoms with Gasteiger partial charge in [0.15, 0.2) is 0 Å². The average Bonchev–Trinajstić information content (AvgIpc) is 3.06. The van der Waals surface area contributed by atoms with E-state index >= 15 is 0 Å². The first-order valence-electron chi connectivity index (χ1n) is 9.49. The van der Waals surface area contributed by atoms with E-state index in [9.17, 15) is 9.90 Å². The molecule has 5 nitrogen and oxygen atoms in total. The lowest BCUT2D eigenvalue weighted by Gasteiger charge is -2.41. The van der Waals surface area contributed by atoms with E-state index in [0.717, 1.165) is 11.1 Å². The highest BCUT2D eigenvalue weighted by atomic mass is 16.5. The molecule has 1 heterocycles. The van der Waals surface area contributed by atoms with Crippen molar-refractivity contribution in [3.05, 3.63) is 71.8 Å². The molecule has 2 N–H and O–H groups in total. The van der Waals surface area contributed by atoms with Gasteiger partial charge in [0, 0.05) is 18.4 Å². The molecule has 2 fully saturated rings. The summed E-state index contributed by atoms with van der Waals surface area (Å²) in [5.74, 6) is 0.0413. The van der Waals surface area contributed by atoms with E-state index in [2.05, 4.69) is 5.32 Å². The van der Waals surface area contributed by atoms with E-state index in [0.29, 0.717) is 26.1 Å². The number of fused-ring (bicyclic) bond motifs is 1. The van der Waals surface area contributed by atoms with E-state index in [1.807, 2.05) is 60.7 Å². The SMILES string of the molecule is O=C1C[C@@H]2[C@H](OCc3ccccc3)[C@H](OCc3ccccc3)[C@H](O)C[C@@H]2N1. The number of nitrogens with one attached hydrogen (secondary N) is 1. The van der Waals surface area contributed by atoms with Gasteiger partial charge < -0.3 is 19.9 Å². The molecule has 0 spiro atoms. The van der Waals surface area contributed by atoms with Crippen LogP contribution in [0.1, 0.15) is 24.0 Å². The molecule has 0 unspecified atom stereocenters. The molecule has 5 heteroatoms. The van der Waals surface area contributed by atoms with Crippen LogP contribution in [0.5, 0.6) is 0 Å². The first-order valence-corrected chi connectivity index (χ1v) is 9.49. The third kappa shape index (κ3) is 4.21. The zero-order valence-corrected chi connectivity index (χ0v) is 15.2. The summed E-state index contributed by atoms with van der Waals surface area (Å²) in [5.41, 5.74) is 2.11. The van der Waals surface area contributed by atoms with E-state index in [-0.39, 0.29) is 24.0 Å². The molecule has 2 aliphatic rings. The van der Waals surface area contributed by atoms with Crippen molar-refractivity contribution in [1.82, 2.24) is 5.32 Å². The van der Waals surface area contributed by atoms with Gasteiger partial charge in [-0.15, -0.1) is 0 Å². The van der Waals surface area contributed by atoms with Crippen molar-refractivity contribution in [3.8, 4) is 0 Å².